The second kappa shape index (κ2) is 11.0. The van der Waals surface area contributed by atoms with Gasteiger partial charge in [-0.2, -0.15) is 5.26 Å². The number of ether oxygens (including phenoxy) is 2. The lowest BCUT2D eigenvalue weighted by Crippen LogP contribution is -2.37. The normalized spacial score (nSPS) is 20.4. The Hall–Kier alpha value is -4.35. The third kappa shape index (κ3) is 4.57. The monoisotopic (exact) mass is 511 g/mol. The van der Waals surface area contributed by atoms with Gasteiger partial charge in [0.15, 0.2) is 17.6 Å². The predicted molar refractivity (Wildman–Crippen MR) is 142 cm³/mol. The first-order valence-corrected chi connectivity index (χ1v) is 12.9. The zero-order valence-corrected chi connectivity index (χ0v) is 21.4. The van der Waals surface area contributed by atoms with E-state index in [0.717, 1.165) is 29.0 Å². The lowest BCUT2D eigenvalue weighted by molar-refractivity contribution is -0.126. The Balaban J connectivity index is 1.54. The van der Waals surface area contributed by atoms with Gasteiger partial charge < -0.3 is 9.47 Å². The Morgan fingerprint density at radius 2 is 1.66 bits per heavy atom. The predicted octanol–water partition coefficient (Wildman–Crippen LogP) is 5.19. The van der Waals surface area contributed by atoms with Gasteiger partial charge >= 0.3 is 0 Å². The Morgan fingerprint density at radius 1 is 0.895 bits per heavy atom. The fourth-order valence-electron chi connectivity index (χ4n) is 4.91. The van der Waals surface area contributed by atoms with Crippen molar-refractivity contribution >= 4 is 23.2 Å². The van der Waals surface area contributed by atoms with Crippen LogP contribution in [0.5, 0.6) is 11.5 Å². The molecule has 0 unspecified atom stereocenters. The SMILES string of the molecule is CCCCOc1ccc([C@@H]2[C@@H]3C(=O)N(c4ccc(C#N)cc4)C(=O)[C@H]3ON2c2ccccc2)cc1OCC. The number of anilines is 2. The summed E-state index contributed by atoms with van der Waals surface area (Å²) in [5.41, 5.74) is 2.37. The van der Waals surface area contributed by atoms with Gasteiger partial charge in [-0.05, 0) is 67.4 Å². The van der Waals surface area contributed by atoms with Crippen molar-refractivity contribution in [1.82, 2.24) is 0 Å². The van der Waals surface area contributed by atoms with E-state index >= 15 is 0 Å². The number of unbranched alkanes of at least 4 members (excludes halogenated alkanes) is 1. The van der Waals surface area contributed by atoms with Gasteiger partial charge in [0.2, 0.25) is 5.91 Å². The van der Waals surface area contributed by atoms with Crippen molar-refractivity contribution in [3.63, 3.8) is 0 Å². The molecule has 2 aliphatic heterocycles. The van der Waals surface area contributed by atoms with E-state index in [1.807, 2.05) is 55.5 Å². The van der Waals surface area contributed by atoms with Gasteiger partial charge in [0.05, 0.1) is 42.3 Å². The largest absolute Gasteiger partial charge is 0.490 e. The summed E-state index contributed by atoms with van der Waals surface area (Å²) in [4.78, 5) is 34.8. The van der Waals surface area contributed by atoms with E-state index in [9.17, 15) is 9.59 Å². The highest BCUT2D eigenvalue weighted by atomic mass is 16.7. The third-order valence-electron chi connectivity index (χ3n) is 6.75. The minimum Gasteiger partial charge on any atom is -0.490 e. The van der Waals surface area contributed by atoms with Gasteiger partial charge in [-0.1, -0.05) is 37.6 Å². The van der Waals surface area contributed by atoms with E-state index in [-0.39, 0.29) is 5.91 Å². The molecule has 38 heavy (non-hydrogen) atoms. The molecule has 0 bridgehead atoms. The molecule has 0 saturated carbocycles. The van der Waals surface area contributed by atoms with E-state index in [1.165, 1.54) is 0 Å². The van der Waals surface area contributed by atoms with Crippen molar-refractivity contribution in [1.29, 1.82) is 5.26 Å². The summed E-state index contributed by atoms with van der Waals surface area (Å²) in [6, 6.07) is 22.9. The number of carbonyl (C=O) groups excluding carboxylic acids is 2. The van der Waals surface area contributed by atoms with Crippen LogP contribution in [-0.4, -0.2) is 31.1 Å². The van der Waals surface area contributed by atoms with Crippen LogP contribution < -0.4 is 19.4 Å². The molecule has 0 aliphatic carbocycles. The quantitative estimate of drug-likeness (QED) is 0.288. The van der Waals surface area contributed by atoms with Crippen LogP contribution >= 0.6 is 0 Å². The number of hydrogen-bond donors (Lipinski definition) is 0. The van der Waals surface area contributed by atoms with Crippen LogP contribution in [0.3, 0.4) is 0 Å². The molecule has 5 rings (SSSR count). The number of nitrogens with zero attached hydrogens (tertiary/aromatic N) is 3. The first-order chi connectivity index (χ1) is 18.6. The molecule has 2 amide bonds. The lowest BCUT2D eigenvalue weighted by atomic mass is 9.90. The molecule has 0 radical (unpaired) electrons. The van der Waals surface area contributed by atoms with Gasteiger partial charge in [0, 0.05) is 0 Å². The van der Waals surface area contributed by atoms with Crippen molar-refractivity contribution in [3.05, 3.63) is 83.9 Å². The summed E-state index contributed by atoms with van der Waals surface area (Å²) < 4.78 is 11.9. The van der Waals surface area contributed by atoms with Crippen LogP contribution in [0.15, 0.2) is 72.8 Å². The maximum atomic E-state index is 13.8. The number of imide groups is 1. The number of rotatable bonds is 9. The fourth-order valence-corrected chi connectivity index (χ4v) is 4.91. The van der Waals surface area contributed by atoms with Crippen LogP contribution in [0.25, 0.3) is 0 Å². The van der Waals surface area contributed by atoms with Gasteiger partial charge in [-0.3, -0.25) is 14.4 Å². The molecular weight excluding hydrogens is 482 g/mol. The van der Waals surface area contributed by atoms with E-state index < -0.39 is 24.0 Å². The van der Waals surface area contributed by atoms with Crippen molar-refractivity contribution in [2.75, 3.05) is 23.2 Å². The molecule has 8 heteroatoms. The molecule has 2 aliphatic rings. The maximum Gasteiger partial charge on any atom is 0.266 e. The number of amides is 2. The summed E-state index contributed by atoms with van der Waals surface area (Å²) >= 11 is 0. The minimum atomic E-state index is -0.987. The Kier molecular flexibility index (Phi) is 7.29. The van der Waals surface area contributed by atoms with Crippen LogP contribution in [0.1, 0.15) is 43.9 Å². The van der Waals surface area contributed by atoms with Gasteiger partial charge in [0.25, 0.3) is 5.91 Å². The number of hydroxylamine groups is 1. The number of benzene rings is 3. The van der Waals surface area contributed by atoms with Crippen LogP contribution in [-0.2, 0) is 14.4 Å². The van der Waals surface area contributed by atoms with Gasteiger partial charge in [-0.25, -0.2) is 9.96 Å². The van der Waals surface area contributed by atoms with Crippen molar-refractivity contribution in [2.24, 2.45) is 5.92 Å². The lowest BCUT2D eigenvalue weighted by Gasteiger charge is -2.29. The molecule has 2 heterocycles. The Labute approximate surface area is 221 Å². The van der Waals surface area contributed by atoms with E-state index in [0.29, 0.717) is 36.0 Å². The minimum absolute atomic E-state index is 0.352. The molecule has 2 fully saturated rings. The smallest absolute Gasteiger partial charge is 0.266 e. The topological polar surface area (TPSA) is 92.1 Å². The Bertz CT molecular complexity index is 1350. The number of nitriles is 1. The van der Waals surface area contributed by atoms with Crippen molar-refractivity contribution in [2.45, 2.75) is 38.8 Å². The highest BCUT2D eigenvalue weighted by Crippen LogP contribution is 2.48. The van der Waals surface area contributed by atoms with Gasteiger partial charge in [-0.15, -0.1) is 0 Å². The van der Waals surface area contributed by atoms with Crippen LogP contribution in [0.2, 0.25) is 0 Å². The number of para-hydroxylation sites is 1. The third-order valence-corrected chi connectivity index (χ3v) is 6.75. The second-order valence-electron chi connectivity index (χ2n) is 9.17. The van der Waals surface area contributed by atoms with E-state index in [2.05, 4.69) is 13.0 Å². The highest BCUT2D eigenvalue weighted by Gasteiger charge is 2.60. The average molecular weight is 512 g/mol. The molecule has 0 spiro atoms. The zero-order chi connectivity index (χ0) is 26.6. The molecule has 3 atom stereocenters. The summed E-state index contributed by atoms with van der Waals surface area (Å²) in [5.74, 6) is -0.344. The standard InChI is InChI=1S/C30H29N3O5/c1-3-5-17-37-24-16-13-21(18-25(24)36-4-2)27-26-28(38-33(27)23-9-7-6-8-10-23)30(35)32(29(26)34)22-14-11-20(19-31)12-15-22/h6-16,18,26-28H,3-5,17H2,1-2H3/t26-,27+,28-/m0/s1. The van der Waals surface area contributed by atoms with Crippen LogP contribution in [0, 0.1) is 17.2 Å². The van der Waals surface area contributed by atoms with Gasteiger partial charge in [0.1, 0.15) is 5.92 Å². The number of hydrogen-bond acceptors (Lipinski definition) is 7. The Morgan fingerprint density at radius 3 is 2.34 bits per heavy atom. The van der Waals surface area contributed by atoms with E-state index in [1.54, 1.807) is 29.3 Å². The molecule has 2 saturated heterocycles. The van der Waals surface area contributed by atoms with Crippen LogP contribution in [0.4, 0.5) is 11.4 Å². The fraction of sp³-hybridized carbons (Fsp3) is 0.300. The number of carbonyl (C=O) groups is 2. The highest BCUT2D eigenvalue weighted by molar-refractivity contribution is 6.23. The van der Waals surface area contributed by atoms with Crippen molar-refractivity contribution < 1.29 is 23.9 Å². The second-order valence-corrected chi connectivity index (χ2v) is 9.17. The summed E-state index contributed by atoms with van der Waals surface area (Å²) in [6.07, 6.45) is 0.957. The molecule has 0 N–H and O–H groups in total. The first kappa shape index (κ1) is 25.3. The molecule has 8 nitrogen and oxygen atoms in total. The summed E-state index contributed by atoms with van der Waals surface area (Å²) in [5, 5.41) is 10.8. The summed E-state index contributed by atoms with van der Waals surface area (Å²) in [6.45, 7) is 5.04. The molecule has 0 aromatic heterocycles. The molecular formula is C30H29N3O5. The molecule has 194 valence electrons. The zero-order valence-electron chi connectivity index (χ0n) is 21.4. The average Bonchev–Trinajstić information content (AvgIpc) is 3.46. The first-order valence-electron chi connectivity index (χ1n) is 12.9. The molecule has 3 aromatic rings. The maximum absolute atomic E-state index is 13.8. The van der Waals surface area contributed by atoms with E-state index in [4.69, 9.17) is 19.6 Å². The number of fused-ring (bicyclic) bond motifs is 1. The summed E-state index contributed by atoms with van der Waals surface area (Å²) in [7, 11) is 0. The van der Waals surface area contributed by atoms with Crippen molar-refractivity contribution in [3.8, 4) is 17.6 Å². The molecule has 3 aromatic carbocycles.